The topological polar surface area (TPSA) is 9.23 Å². The van der Waals surface area contributed by atoms with Crippen molar-refractivity contribution in [2.24, 2.45) is 0 Å². The molecule has 0 amide bonds. The highest BCUT2D eigenvalue weighted by Gasteiger charge is 2.21. The largest absolute Gasteiger partial charge is 0.374 e. The van der Waals surface area contributed by atoms with E-state index in [2.05, 4.69) is 5.92 Å². The van der Waals surface area contributed by atoms with Gasteiger partial charge in [-0.1, -0.05) is 24.1 Å². The third-order valence-corrected chi connectivity index (χ3v) is 2.24. The number of terminal acetylenes is 1. The number of hydrogen-bond donors (Lipinski definition) is 0. The molecule has 0 aromatic heterocycles. The van der Waals surface area contributed by atoms with Gasteiger partial charge in [-0.05, 0) is 25.5 Å². The zero-order chi connectivity index (χ0) is 9.90. The van der Waals surface area contributed by atoms with Crippen molar-refractivity contribution in [3.05, 3.63) is 35.4 Å². The normalized spacial score (nSPS) is 10.9. The van der Waals surface area contributed by atoms with Crippen LogP contribution in [0.3, 0.4) is 0 Å². The molecule has 0 aliphatic rings. The van der Waals surface area contributed by atoms with Gasteiger partial charge >= 0.3 is 0 Å². The molecule has 0 unspecified atom stereocenters. The van der Waals surface area contributed by atoms with E-state index in [1.165, 1.54) is 0 Å². The van der Waals surface area contributed by atoms with Crippen LogP contribution in [-0.2, 0) is 10.3 Å². The van der Waals surface area contributed by atoms with Crippen LogP contribution in [0.25, 0.3) is 0 Å². The highest BCUT2D eigenvalue weighted by molar-refractivity contribution is 5.42. The summed E-state index contributed by atoms with van der Waals surface area (Å²) in [5.41, 5.74) is 1.64. The monoisotopic (exact) mass is 174 g/mol. The van der Waals surface area contributed by atoms with Gasteiger partial charge < -0.3 is 4.74 Å². The molecule has 0 aliphatic heterocycles. The highest BCUT2D eigenvalue weighted by Crippen LogP contribution is 2.26. The molecule has 1 rings (SSSR count). The molecular weight excluding hydrogens is 160 g/mol. The first-order chi connectivity index (χ1) is 6.11. The third-order valence-electron chi connectivity index (χ3n) is 2.24. The maximum atomic E-state index is 5.40. The summed E-state index contributed by atoms with van der Waals surface area (Å²) in [5, 5.41) is 0. The van der Waals surface area contributed by atoms with Gasteiger partial charge in [0.25, 0.3) is 0 Å². The van der Waals surface area contributed by atoms with Crippen LogP contribution >= 0.6 is 0 Å². The fraction of sp³-hybridized carbons (Fsp3) is 0.333. The maximum Gasteiger partial charge on any atom is 0.0883 e. The van der Waals surface area contributed by atoms with Crippen molar-refractivity contribution < 1.29 is 4.74 Å². The number of hydrogen-bond acceptors (Lipinski definition) is 1. The summed E-state index contributed by atoms with van der Waals surface area (Å²) in [4.78, 5) is 0. The number of methoxy groups -OCH3 is 1. The Labute approximate surface area is 79.7 Å². The Morgan fingerprint density at radius 3 is 2.46 bits per heavy atom. The second kappa shape index (κ2) is 3.64. The van der Waals surface area contributed by atoms with Gasteiger partial charge in [-0.15, -0.1) is 6.42 Å². The Kier molecular flexibility index (Phi) is 2.75. The first-order valence-electron chi connectivity index (χ1n) is 4.23. The van der Waals surface area contributed by atoms with Crippen molar-refractivity contribution in [3.63, 3.8) is 0 Å². The summed E-state index contributed by atoms with van der Waals surface area (Å²) in [6, 6.07) is 7.83. The van der Waals surface area contributed by atoms with Crippen LogP contribution in [0.1, 0.15) is 25.0 Å². The van der Waals surface area contributed by atoms with Crippen molar-refractivity contribution in [2.45, 2.75) is 19.4 Å². The lowest BCUT2D eigenvalue weighted by Gasteiger charge is -2.24. The lowest BCUT2D eigenvalue weighted by atomic mass is 9.93. The SMILES string of the molecule is C#Cc1ccccc1C(C)(C)OC. The molecule has 0 saturated heterocycles. The van der Waals surface area contributed by atoms with Crippen molar-refractivity contribution in [2.75, 3.05) is 7.11 Å². The molecule has 1 aromatic carbocycles. The van der Waals surface area contributed by atoms with Crippen molar-refractivity contribution in [3.8, 4) is 12.3 Å². The summed E-state index contributed by atoms with van der Waals surface area (Å²) in [5.74, 6) is 2.66. The molecule has 0 atom stereocenters. The summed E-state index contributed by atoms with van der Waals surface area (Å²) in [7, 11) is 1.69. The second-order valence-electron chi connectivity index (χ2n) is 3.40. The van der Waals surface area contributed by atoms with E-state index in [9.17, 15) is 0 Å². The van der Waals surface area contributed by atoms with Gasteiger partial charge in [0.15, 0.2) is 0 Å². The quantitative estimate of drug-likeness (QED) is 0.626. The molecule has 1 heteroatoms. The first-order valence-corrected chi connectivity index (χ1v) is 4.23. The Balaban J connectivity index is 3.22. The number of rotatable bonds is 2. The lowest BCUT2D eigenvalue weighted by Crippen LogP contribution is -2.20. The van der Waals surface area contributed by atoms with Crippen LogP contribution < -0.4 is 0 Å². The van der Waals surface area contributed by atoms with Crippen LogP contribution in [0.5, 0.6) is 0 Å². The third kappa shape index (κ3) is 1.91. The molecule has 0 fully saturated rings. The fourth-order valence-corrected chi connectivity index (χ4v) is 1.24. The van der Waals surface area contributed by atoms with E-state index < -0.39 is 0 Å². The zero-order valence-corrected chi connectivity index (χ0v) is 8.29. The van der Waals surface area contributed by atoms with Crippen molar-refractivity contribution >= 4 is 0 Å². The van der Waals surface area contributed by atoms with E-state index in [1.807, 2.05) is 38.1 Å². The zero-order valence-electron chi connectivity index (χ0n) is 8.29. The maximum absolute atomic E-state index is 5.40. The molecule has 0 aliphatic carbocycles. The van der Waals surface area contributed by atoms with E-state index in [0.29, 0.717) is 0 Å². The molecule has 68 valence electrons. The lowest BCUT2D eigenvalue weighted by molar-refractivity contribution is 0.0190. The highest BCUT2D eigenvalue weighted by atomic mass is 16.5. The van der Waals surface area contributed by atoms with Crippen LogP contribution in [-0.4, -0.2) is 7.11 Å². The summed E-state index contributed by atoms with van der Waals surface area (Å²) in [6.45, 7) is 4.01. The van der Waals surface area contributed by atoms with E-state index in [0.717, 1.165) is 11.1 Å². The molecule has 1 aromatic rings. The molecule has 0 N–H and O–H groups in total. The van der Waals surface area contributed by atoms with E-state index in [-0.39, 0.29) is 5.60 Å². The summed E-state index contributed by atoms with van der Waals surface area (Å²) >= 11 is 0. The first kappa shape index (κ1) is 9.83. The molecule has 0 radical (unpaired) electrons. The van der Waals surface area contributed by atoms with E-state index >= 15 is 0 Å². The predicted octanol–water partition coefficient (Wildman–Crippen LogP) is 2.55. The van der Waals surface area contributed by atoms with Crippen LogP contribution in [0.2, 0.25) is 0 Å². The van der Waals surface area contributed by atoms with Crippen molar-refractivity contribution in [1.29, 1.82) is 0 Å². The smallest absolute Gasteiger partial charge is 0.0883 e. The Bertz CT molecular complexity index is 331. The fourth-order valence-electron chi connectivity index (χ4n) is 1.24. The average molecular weight is 174 g/mol. The van der Waals surface area contributed by atoms with E-state index in [1.54, 1.807) is 7.11 Å². The minimum absolute atomic E-state index is 0.317. The molecular formula is C12H14O. The minimum Gasteiger partial charge on any atom is -0.374 e. The van der Waals surface area contributed by atoms with Gasteiger partial charge in [-0.25, -0.2) is 0 Å². The molecule has 0 heterocycles. The minimum atomic E-state index is -0.317. The number of ether oxygens (including phenoxy) is 1. The predicted molar refractivity (Wildman–Crippen MR) is 54.4 cm³/mol. The standard InChI is InChI=1S/C12H14O/c1-5-10-8-6-7-9-11(10)12(2,3)13-4/h1,6-9H,2-4H3. The average Bonchev–Trinajstić information content (AvgIpc) is 2.18. The Morgan fingerprint density at radius 2 is 1.92 bits per heavy atom. The molecule has 0 saturated carbocycles. The molecule has 0 bridgehead atoms. The Morgan fingerprint density at radius 1 is 1.31 bits per heavy atom. The van der Waals surface area contributed by atoms with Crippen LogP contribution in [0.4, 0.5) is 0 Å². The van der Waals surface area contributed by atoms with Gasteiger partial charge in [0.05, 0.1) is 5.60 Å². The van der Waals surface area contributed by atoms with E-state index in [4.69, 9.17) is 11.2 Å². The second-order valence-corrected chi connectivity index (χ2v) is 3.40. The van der Waals surface area contributed by atoms with Gasteiger partial charge in [-0.3, -0.25) is 0 Å². The molecule has 0 spiro atoms. The van der Waals surface area contributed by atoms with Crippen LogP contribution in [0, 0.1) is 12.3 Å². The molecule has 1 nitrogen and oxygen atoms in total. The number of benzene rings is 1. The van der Waals surface area contributed by atoms with Crippen molar-refractivity contribution in [1.82, 2.24) is 0 Å². The summed E-state index contributed by atoms with van der Waals surface area (Å²) < 4.78 is 5.37. The van der Waals surface area contributed by atoms with Gasteiger partial charge in [0.1, 0.15) is 0 Å². The Hall–Kier alpha value is -1.26. The van der Waals surface area contributed by atoms with Crippen LogP contribution in [0.15, 0.2) is 24.3 Å². The molecule has 13 heavy (non-hydrogen) atoms. The van der Waals surface area contributed by atoms with Gasteiger partial charge in [0.2, 0.25) is 0 Å². The summed E-state index contributed by atoms with van der Waals surface area (Å²) in [6.07, 6.45) is 5.40. The van der Waals surface area contributed by atoms with Gasteiger partial charge in [-0.2, -0.15) is 0 Å². The van der Waals surface area contributed by atoms with Gasteiger partial charge in [0, 0.05) is 12.7 Å².